The number of H-pyrrole nitrogens is 1. The zero-order valence-corrected chi connectivity index (χ0v) is 12.9. The number of hydrogen-bond acceptors (Lipinski definition) is 3. The molecule has 0 bridgehead atoms. The molecule has 5 heteroatoms. The first-order valence-corrected chi connectivity index (χ1v) is 7.26. The molecule has 0 aliphatic rings. The Hall–Kier alpha value is -2.40. The number of nitrogens with zero attached hydrogens (tertiary/aromatic N) is 1. The van der Waals surface area contributed by atoms with Crippen LogP contribution >= 0.6 is 0 Å². The van der Waals surface area contributed by atoms with Crippen molar-refractivity contribution in [1.29, 1.82) is 0 Å². The molecule has 1 heterocycles. The number of carbonyl (C=O) groups excluding carboxylic acids is 1. The highest BCUT2D eigenvalue weighted by molar-refractivity contribution is 5.92. The summed E-state index contributed by atoms with van der Waals surface area (Å²) in [6, 6.07) is 14.3. The zero-order valence-electron chi connectivity index (χ0n) is 12.9. The van der Waals surface area contributed by atoms with Gasteiger partial charge in [-0.3, -0.25) is 9.59 Å². The van der Waals surface area contributed by atoms with Crippen molar-refractivity contribution in [3.63, 3.8) is 0 Å². The summed E-state index contributed by atoms with van der Waals surface area (Å²) in [4.78, 5) is 28.3. The molecule has 0 fully saturated rings. The third kappa shape index (κ3) is 4.56. The fourth-order valence-corrected chi connectivity index (χ4v) is 2.21. The molecule has 0 aliphatic carbocycles. The standard InChI is InChI=1S/C17H21N3O2/c1-20(2)12-11-14(13-7-4-3-5-8-13)19-17(22)15-9-6-10-16(21)18-15/h3-10,14H,11-12H2,1-2H3,(H,18,21)(H,19,22)/t14-/m0/s1. The molecule has 1 amide bonds. The van der Waals surface area contributed by atoms with Gasteiger partial charge < -0.3 is 15.2 Å². The average Bonchev–Trinajstić information content (AvgIpc) is 2.52. The first-order valence-electron chi connectivity index (χ1n) is 7.26. The van der Waals surface area contributed by atoms with E-state index in [-0.39, 0.29) is 23.2 Å². The highest BCUT2D eigenvalue weighted by Gasteiger charge is 2.16. The van der Waals surface area contributed by atoms with E-state index < -0.39 is 0 Å². The number of aromatic nitrogens is 1. The molecule has 2 N–H and O–H groups in total. The van der Waals surface area contributed by atoms with Gasteiger partial charge in [-0.2, -0.15) is 0 Å². The first kappa shape index (κ1) is 16.0. The fourth-order valence-electron chi connectivity index (χ4n) is 2.21. The van der Waals surface area contributed by atoms with Gasteiger partial charge in [-0.05, 0) is 38.7 Å². The molecule has 116 valence electrons. The van der Waals surface area contributed by atoms with Crippen molar-refractivity contribution in [3.8, 4) is 0 Å². The molecule has 0 radical (unpaired) electrons. The second-order valence-electron chi connectivity index (χ2n) is 5.46. The molecule has 0 spiro atoms. The van der Waals surface area contributed by atoms with E-state index in [9.17, 15) is 9.59 Å². The predicted molar refractivity (Wildman–Crippen MR) is 86.9 cm³/mol. The Morgan fingerprint density at radius 3 is 2.50 bits per heavy atom. The van der Waals surface area contributed by atoms with Crippen molar-refractivity contribution in [2.45, 2.75) is 12.5 Å². The Balaban J connectivity index is 2.15. The molecule has 1 atom stereocenters. The summed E-state index contributed by atoms with van der Waals surface area (Å²) in [6.45, 7) is 0.852. The number of rotatable bonds is 6. The molecule has 0 unspecified atom stereocenters. The smallest absolute Gasteiger partial charge is 0.268 e. The van der Waals surface area contributed by atoms with E-state index in [1.165, 1.54) is 6.07 Å². The molecule has 22 heavy (non-hydrogen) atoms. The molecule has 0 aliphatic heterocycles. The van der Waals surface area contributed by atoms with E-state index >= 15 is 0 Å². The number of amides is 1. The van der Waals surface area contributed by atoms with Gasteiger partial charge in [-0.25, -0.2) is 0 Å². The van der Waals surface area contributed by atoms with E-state index in [4.69, 9.17) is 0 Å². The minimum atomic E-state index is -0.280. The SMILES string of the molecule is CN(C)CC[C@H](NC(=O)c1cccc(=O)[nH]1)c1ccccc1. The highest BCUT2D eigenvalue weighted by Crippen LogP contribution is 2.17. The van der Waals surface area contributed by atoms with Crippen LogP contribution in [0.5, 0.6) is 0 Å². The van der Waals surface area contributed by atoms with Crippen LogP contribution in [-0.2, 0) is 0 Å². The Kier molecular flexibility index (Phi) is 5.49. The van der Waals surface area contributed by atoms with E-state index in [0.29, 0.717) is 0 Å². The number of benzene rings is 1. The lowest BCUT2D eigenvalue weighted by Gasteiger charge is -2.21. The lowest BCUT2D eigenvalue weighted by molar-refractivity contribution is 0.0927. The summed E-state index contributed by atoms with van der Waals surface area (Å²) >= 11 is 0. The molecular formula is C17H21N3O2. The largest absolute Gasteiger partial charge is 0.344 e. The van der Waals surface area contributed by atoms with Crippen molar-refractivity contribution in [2.75, 3.05) is 20.6 Å². The van der Waals surface area contributed by atoms with Gasteiger partial charge in [0.25, 0.3) is 5.91 Å². The molecule has 1 aromatic heterocycles. The highest BCUT2D eigenvalue weighted by atomic mass is 16.2. The lowest BCUT2D eigenvalue weighted by atomic mass is 10.0. The third-order valence-electron chi connectivity index (χ3n) is 3.39. The van der Waals surface area contributed by atoms with Gasteiger partial charge >= 0.3 is 0 Å². The topological polar surface area (TPSA) is 65.2 Å². The molecular weight excluding hydrogens is 278 g/mol. The molecule has 1 aromatic carbocycles. The molecule has 5 nitrogen and oxygen atoms in total. The van der Waals surface area contributed by atoms with Crippen LogP contribution in [0.25, 0.3) is 0 Å². The van der Waals surface area contributed by atoms with Crippen LogP contribution in [0, 0.1) is 0 Å². The average molecular weight is 299 g/mol. The van der Waals surface area contributed by atoms with E-state index in [0.717, 1.165) is 18.5 Å². The summed E-state index contributed by atoms with van der Waals surface area (Å²) in [5, 5.41) is 3.00. The minimum absolute atomic E-state index is 0.0974. The maximum atomic E-state index is 12.3. The van der Waals surface area contributed by atoms with Crippen LogP contribution in [0.4, 0.5) is 0 Å². The van der Waals surface area contributed by atoms with E-state index in [1.54, 1.807) is 12.1 Å². The quantitative estimate of drug-likeness (QED) is 0.855. The minimum Gasteiger partial charge on any atom is -0.344 e. The van der Waals surface area contributed by atoms with Crippen LogP contribution in [0.1, 0.15) is 28.5 Å². The van der Waals surface area contributed by atoms with Crippen molar-refractivity contribution in [1.82, 2.24) is 15.2 Å². The third-order valence-corrected chi connectivity index (χ3v) is 3.39. The summed E-state index contributed by atoms with van der Waals surface area (Å²) in [7, 11) is 4.00. The van der Waals surface area contributed by atoms with Crippen LogP contribution in [0.2, 0.25) is 0 Å². The van der Waals surface area contributed by atoms with Gasteiger partial charge in [0.1, 0.15) is 5.69 Å². The molecule has 2 aromatic rings. The van der Waals surface area contributed by atoms with Gasteiger partial charge in [0.2, 0.25) is 5.56 Å². The Morgan fingerprint density at radius 2 is 1.86 bits per heavy atom. The second-order valence-corrected chi connectivity index (χ2v) is 5.46. The second kappa shape index (κ2) is 7.56. The van der Waals surface area contributed by atoms with Crippen LogP contribution < -0.4 is 10.9 Å². The number of aromatic amines is 1. The summed E-state index contributed by atoms with van der Waals surface area (Å²) in [5.74, 6) is -0.273. The monoisotopic (exact) mass is 299 g/mol. The van der Waals surface area contributed by atoms with Gasteiger partial charge in [0.05, 0.1) is 6.04 Å². The number of nitrogens with one attached hydrogen (secondary N) is 2. The van der Waals surface area contributed by atoms with Gasteiger partial charge in [0, 0.05) is 6.07 Å². The summed E-state index contributed by atoms with van der Waals surface area (Å²) < 4.78 is 0. The maximum Gasteiger partial charge on any atom is 0.268 e. The van der Waals surface area contributed by atoms with Crippen molar-refractivity contribution in [2.24, 2.45) is 0 Å². The molecule has 0 saturated heterocycles. The molecule has 0 saturated carbocycles. The van der Waals surface area contributed by atoms with Crippen molar-refractivity contribution in [3.05, 3.63) is 70.1 Å². The number of pyridine rings is 1. The van der Waals surface area contributed by atoms with Crippen LogP contribution in [-0.4, -0.2) is 36.4 Å². The summed E-state index contributed by atoms with van der Waals surface area (Å²) in [6.07, 6.45) is 0.791. The fraction of sp³-hybridized carbons (Fsp3) is 0.294. The maximum absolute atomic E-state index is 12.3. The van der Waals surface area contributed by atoms with E-state index in [1.807, 2.05) is 44.4 Å². The van der Waals surface area contributed by atoms with Crippen molar-refractivity contribution < 1.29 is 4.79 Å². The van der Waals surface area contributed by atoms with E-state index in [2.05, 4.69) is 15.2 Å². The van der Waals surface area contributed by atoms with Gasteiger partial charge in [-0.15, -0.1) is 0 Å². The zero-order chi connectivity index (χ0) is 15.9. The lowest BCUT2D eigenvalue weighted by Crippen LogP contribution is -2.32. The number of carbonyl (C=O) groups is 1. The number of hydrogen-bond donors (Lipinski definition) is 2. The normalized spacial score (nSPS) is 12.1. The molecule has 2 rings (SSSR count). The summed E-state index contributed by atoms with van der Waals surface area (Å²) in [5.41, 5.74) is 1.05. The van der Waals surface area contributed by atoms with Crippen LogP contribution in [0.15, 0.2) is 53.3 Å². The van der Waals surface area contributed by atoms with Gasteiger partial charge in [-0.1, -0.05) is 36.4 Å². The van der Waals surface area contributed by atoms with Gasteiger partial charge in [0.15, 0.2) is 0 Å². The Bertz CT molecular complexity index is 665. The van der Waals surface area contributed by atoms with Crippen molar-refractivity contribution >= 4 is 5.91 Å². The van der Waals surface area contributed by atoms with Crippen LogP contribution in [0.3, 0.4) is 0 Å². The Morgan fingerprint density at radius 1 is 1.14 bits per heavy atom. The Labute approximate surface area is 130 Å². The predicted octanol–water partition coefficient (Wildman–Crippen LogP) is 1.80. The first-order chi connectivity index (χ1) is 10.6.